The molecule has 5 aromatic rings. The highest BCUT2D eigenvalue weighted by Crippen LogP contribution is 2.59. The van der Waals surface area contributed by atoms with Crippen molar-refractivity contribution in [1.29, 1.82) is 0 Å². The average molecular weight is 761 g/mol. The minimum absolute atomic E-state index is 0.0185. The molecule has 0 aliphatic heterocycles. The largest absolute Gasteiger partial charge is 0.393 e. The number of hydrogen-bond acceptors (Lipinski definition) is 6. The van der Waals surface area contributed by atoms with Crippen LogP contribution in [0.25, 0.3) is 10.1 Å². The van der Waals surface area contributed by atoms with E-state index < -0.39 is 17.1 Å². The molecule has 8 rings (SSSR count). The minimum Gasteiger partial charge on any atom is -0.393 e. The van der Waals surface area contributed by atoms with Gasteiger partial charge in [0.2, 0.25) is 5.78 Å². The van der Waals surface area contributed by atoms with Crippen LogP contribution in [0.4, 0.5) is 4.79 Å². The zero-order chi connectivity index (χ0) is 37.9. The number of hydrogen-bond donors (Lipinski definition) is 3. The van der Waals surface area contributed by atoms with Gasteiger partial charge in [-0.05, 0) is 123 Å². The van der Waals surface area contributed by atoms with E-state index in [-0.39, 0.29) is 30.3 Å². The Hall–Kier alpha value is -4.08. The highest BCUT2D eigenvalue weighted by Gasteiger charge is 2.57. The number of fused-ring (bicyclic) bond motifs is 9. The average Bonchev–Trinajstić information content (AvgIpc) is 3.91. The molecule has 0 saturated heterocycles. The standard InChI is InChI=1S/C46H52N2O4S2/c1-31-11-9-23-45(3)40(38-20-18-33(27-36(49)19-17-31)28-39(38)43(50)42-29-35-14-7-8-16-41(35)54-42)21-24-46(45,52)30-48(25-22-37-15-10-26-53-37)44(51)47-32(2)34-12-5-4-6-13-34/h4-8,10-16,18,20,26,28-29,32,36,40,49,52H,9,17,19,21-25,27,30H2,1-3H3,(H,47,51)/t32-,36+,40+,45+,46-/m1/s1. The first-order valence-corrected chi connectivity index (χ1v) is 21.1. The highest BCUT2D eigenvalue weighted by molar-refractivity contribution is 7.21. The molecule has 5 atom stereocenters. The molecule has 3 aromatic carbocycles. The molecule has 0 spiro atoms. The van der Waals surface area contributed by atoms with E-state index in [4.69, 9.17) is 0 Å². The zero-order valence-electron chi connectivity index (χ0n) is 31.6. The zero-order valence-corrected chi connectivity index (χ0v) is 33.2. The molecular formula is C46H52N2O4S2. The van der Waals surface area contributed by atoms with E-state index in [1.807, 2.05) is 84.6 Å². The van der Waals surface area contributed by atoms with Crippen LogP contribution in [0.15, 0.2) is 108 Å². The second-order valence-corrected chi connectivity index (χ2v) is 17.9. The molecule has 282 valence electrons. The summed E-state index contributed by atoms with van der Waals surface area (Å²) >= 11 is 3.19. The number of urea groups is 1. The second-order valence-electron chi connectivity index (χ2n) is 15.8. The van der Waals surface area contributed by atoms with Gasteiger partial charge >= 0.3 is 6.03 Å². The molecule has 0 unspecified atom stereocenters. The molecule has 8 heteroatoms. The van der Waals surface area contributed by atoms with Crippen LogP contribution in [0.1, 0.15) is 108 Å². The predicted octanol–water partition coefficient (Wildman–Crippen LogP) is 10.2. The van der Waals surface area contributed by atoms with Gasteiger partial charge in [0.05, 0.1) is 29.2 Å². The summed E-state index contributed by atoms with van der Waals surface area (Å²) in [5, 5.41) is 30.5. The minimum atomic E-state index is -1.22. The van der Waals surface area contributed by atoms with Crippen molar-refractivity contribution in [2.45, 2.75) is 95.8 Å². The number of benzene rings is 3. The molecule has 54 heavy (non-hydrogen) atoms. The van der Waals surface area contributed by atoms with Gasteiger partial charge in [-0.3, -0.25) is 4.79 Å². The third-order valence-corrected chi connectivity index (χ3v) is 14.2. The first kappa shape index (κ1) is 38.2. The quantitative estimate of drug-likeness (QED) is 0.103. The van der Waals surface area contributed by atoms with Crippen molar-refractivity contribution in [2.75, 3.05) is 13.1 Å². The molecule has 3 aliphatic rings. The molecule has 1 saturated carbocycles. The Kier molecular flexibility index (Phi) is 11.6. The van der Waals surface area contributed by atoms with E-state index in [0.717, 1.165) is 39.6 Å². The number of carbonyl (C=O) groups excluding carboxylic acids is 2. The third-order valence-electron chi connectivity index (χ3n) is 12.2. The summed E-state index contributed by atoms with van der Waals surface area (Å²) in [5.74, 6) is -0.146. The summed E-state index contributed by atoms with van der Waals surface area (Å²) in [4.78, 5) is 32.6. The fourth-order valence-electron chi connectivity index (χ4n) is 8.79. The molecule has 2 aromatic heterocycles. The molecule has 3 N–H and O–H groups in total. The van der Waals surface area contributed by atoms with Gasteiger partial charge in [-0.1, -0.05) is 85.3 Å². The normalized spacial score (nSPS) is 23.7. The van der Waals surface area contributed by atoms with E-state index in [1.165, 1.54) is 21.8 Å². The third kappa shape index (κ3) is 8.13. The lowest BCUT2D eigenvalue weighted by Gasteiger charge is -2.46. The predicted molar refractivity (Wildman–Crippen MR) is 222 cm³/mol. The fraction of sp³-hybridized carbons (Fsp3) is 0.391. The maximum absolute atomic E-state index is 14.6. The maximum Gasteiger partial charge on any atom is 0.317 e. The molecule has 2 bridgehead atoms. The van der Waals surface area contributed by atoms with Crippen LogP contribution in [0.3, 0.4) is 0 Å². The summed E-state index contributed by atoms with van der Waals surface area (Å²) in [5.41, 5.74) is 2.92. The summed E-state index contributed by atoms with van der Waals surface area (Å²) in [6.45, 7) is 6.97. The molecule has 0 radical (unpaired) electrons. The summed E-state index contributed by atoms with van der Waals surface area (Å²) in [7, 11) is 0. The molecule has 2 amide bonds. The number of ketones is 1. The van der Waals surface area contributed by atoms with Crippen LogP contribution in [0, 0.1) is 5.41 Å². The summed E-state index contributed by atoms with van der Waals surface area (Å²) in [6.07, 6.45) is 6.98. The van der Waals surface area contributed by atoms with E-state index in [9.17, 15) is 19.8 Å². The molecule has 1 fully saturated rings. The van der Waals surface area contributed by atoms with Gasteiger partial charge in [-0.15, -0.1) is 22.7 Å². The van der Waals surface area contributed by atoms with Crippen LogP contribution < -0.4 is 5.32 Å². The number of allylic oxidation sites excluding steroid dienone is 2. The maximum atomic E-state index is 14.6. The smallest absolute Gasteiger partial charge is 0.317 e. The second kappa shape index (κ2) is 16.3. The first-order valence-electron chi connectivity index (χ1n) is 19.4. The number of thiophene rings is 2. The van der Waals surface area contributed by atoms with Gasteiger partial charge < -0.3 is 20.4 Å². The van der Waals surface area contributed by atoms with Crippen molar-refractivity contribution in [2.24, 2.45) is 5.41 Å². The van der Waals surface area contributed by atoms with Crippen LogP contribution in [-0.2, 0) is 12.8 Å². The number of aliphatic hydroxyl groups is 2. The van der Waals surface area contributed by atoms with Crippen LogP contribution in [-0.4, -0.2) is 51.7 Å². The van der Waals surface area contributed by atoms with Crippen LogP contribution in [0.5, 0.6) is 0 Å². The summed E-state index contributed by atoms with van der Waals surface area (Å²) in [6, 6.07) is 29.9. The molecule has 2 heterocycles. The van der Waals surface area contributed by atoms with Crippen LogP contribution >= 0.6 is 22.7 Å². The topological polar surface area (TPSA) is 89.9 Å². The number of nitrogens with one attached hydrogen (secondary N) is 1. The number of aliphatic hydroxyl groups excluding tert-OH is 1. The Morgan fingerprint density at radius 3 is 2.56 bits per heavy atom. The summed E-state index contributed by atoms with van der Waals surface area (Å²) < 4.78 is 1.07. The van der Waals surface area contributed by atoms with Crippen molar-refractivity contribution in [3.05, 3.63) is 140 Å². The van der Waals surface area contributed by atoms with Gasteiger partial charge in [0.25, 0.3) is 0 Å². The van der Waals surface area contributed by atoms with E-state index in [2.05, 4.69) is 48.8 Å². The van der Waals surface area contributed by atoms with Gasteiger partial charge in [-0.25, -0.2) is 4.79 Å². The first-order chi connectivity index (χ1) is 26.0. The Morgan fingerprint density at radius 1 is 0.981 bits per heavy atom. The lowest BCUT2D eigenvalue weighted by atomic mass is 9.64. The van der Waals surface area contributed by atoms with Crippen molar-refractivity contribution >= 4 is 44.6 Å². The number of amides is 2. The number of nitrogens with zero attached hydrogens (tertiary/aromatic N) is 1. The van der Waals surface area contributed by atoms with Gasteiger partial charge in [0.15, 0.2) is 0 Å². The van der Waals surface area contributed by atoms with E-state index in [1.54, 1.807) is 11.3 Å². The van der Waals surface area contributed by atoms with Crippen molar-refractivity contribution < 1.29 is 19.8 Å². The molecule has 3 aliphatic carbocycles. The monoisotopic (exact) mass is 760 g/mol. The number of rotatable bonds is 9. The molecule has 6 nitrogen and oxygen atoms in total. The Labute approximate surface area is 327 Å². The Morgan fingerprint density at radius 2 is 1.78 bits per heavy atom. The SMILES string of the molecule is CC1=CCC[C@@]2(C)[C@@H](CC[C@@]2(O)CN(CCc2cccs2)C(=O)N[C@H](C)c2ccccc2)c2ccc(cc2C(=O)c2cc3ccccc3s2)C[C@@H](O)CC1. The highest BCUT2D eigenvalue weighted by atomic mass is 32.1. The fourth-order valence-corrected chi connectivity index (χ4v) is 10.5. The Bertz CT molecular complexity index is 2070. The van der Waals surface area contributed by atoms with Gasteiger partial charge in [-0.2, -0.15) is 0 Å². The van der Waals surface area contributed by atoms with Crippen molar-refractivity contribution in [1.82, 2.24) is 10.2 Å². The lowest BCUT2D eigenvalue weighted by molar-refractivity contribution is -0.0769. The lowest BCUT2D eigenvalue weighted by Crippen LogP contribution is -2.56. The van der Waals surface area contributed by atoms with Crippen molar-refractivity contribution in [3.63, 3.8) is 0 Å². The Balaban J connectivity index is 1.26. The number of carbonyl (C=O) groups is 2. The van der Waals surface area contributed by atoms with E-state index >= 15 is 0 Å². The van der Waals surface area contributed by atoms with Crippen LogP contribution in [0.2, 0.25) is 0 Å². The van der Waals surface area contributed by atoms with Crippen molar-refractivity contribution in [3.8, 4) is 0 Å². The van der Waals surface area contributed by atoms with Gasteiger partial charge in [0.1, 0.15) is 0 Å². The van der Waals surface area contributed by atoms with E-state index in [0.29, 0.717) is 55.5 Å². The van der Waals surface area contributed by atoms with Gasteiger partial charge in [0, 0.05) is 27.1 Å². The molecular weight excluding hydrogens is 709 g/mol.